The van der Waals surface area contributed by atoms with E-state index in [0.29, 0.717) is 29.5 Å². The van der Waals surface area contributed by atoms with Crippen molar-refractivity contribution in [1.82, 2.24) is 4.90 Å². The van der Waals surface area contributed by atoms with Gasteiger partial charge in [0.2, 0.25) is 0 Å². The molecule has 0 radical (unpaired) electrons. The van der Waals surface area contributed by atoms with Crippen LogP contribution in [-0.4, -0.2) is 42.0 Å². The molecule has 7 atom stereocenters. The van der Waals surface area contributed by atoms with Gasteiger partial charge in [0.05, 0.1) is 6.10 Å². The second kappa shape index (κ2) is 4.30. The van der Waals surface area contributed by atoms with Crippen LogP contribution in [-0.2, 0) is 4.79 Å². The van der Waals surface area contributed by atoms with Crippen molar-refractivity contribution < 1.29 is 9.90 Å². The van der Waals surface area contributed by atoms with Gasteiger partial charge in [0, 0.05) is 24.3 Å². The van der Waals surface area contributed by atoms with Crippen LogP contribution in [0.5, 0.6) is 0 Å². The van der Waals surface area contributed by atoms with Crippen LogP contribution in [0.25, 0.3) is 0 Å². The molecule has 4 aliphatic rings. The molecule has 1 heterocycles. The third-order valence-electron chi connectivity index (χ3n) is 7.11. The normalized spacial score (nSPS) is 55.5. The standard InChI is InChI=1S/C17H27NO2/c1-10-5-12-7-14(19)16-13-3-4-18(2)9-11(13)8-17(12,16)15(20)6-10/h10-13,15-16,20H,3-9H2,1-2H3/t10-,11-,12+,13+,15+,16+,17?/m1/s1. The maximum Gasteiger partial charge on any atom is 0.137 e. The highest BCUT2D eigenvalue weighted by Crippen LogP contribution is 2.67. The summed E-state index contributed by atoms with van der Waals surface area (Å²) in [4.78, 5) is 15.1. The van der Waals surface area contributed by atoms with E-state index in [0.717, 1.165) is 45.2 Å². The van der Waals surface area contributed by atoms with E-state index in [1.807, 2.05) is 0 Å². The van der Waals surface area contributed by atoms with Crippen molar-refractivity contribution in [3.63, 3.8) is 0 Å². The van der Waals surface area contributed by atoms with Gasteiger partial charge in [-0.05, 0) is 62.9 Å². The summed E-state index contributed by atoms with van der Waals surface area (Å²) in [5.41, 5.74) is -0.0376. The molecule has 0 aromatic carbocycles. The van der Waals surface area contributed by atoms with Crippen molar-refractivity contribution in [2.24, 2.45) is 35.0 Å². The van der Waals surface area contributed by atoms with Gasteiger partial charge in [0.1, 0.15) is 5.78 Å². The first-order chi connectivity index (χ1) is 9.52. The summed E-state index contributed by atoms with van der Waals surface area (Å²) >= 11 is 0. The summed E-state index contributed by atoms with van der Waals surface area (Å²) < 4.78 is 0. The molecule has 0 bridgehead atoms. The average Bonchev–Trinajstić information content (AvgIpc) is 2.83. The van der Waals surface area contributed by atoms with Crippen LogP contribution < -0.4 is 0 Å². The first kappa shape index (κ1) is 13.3. The second-order valence-corrected chi connectivity index (χ2v) is 8.23. The molecule has 3 aliphatic carbocycles. The lowest BCUT2D eigenvalue weighted by molar-refractivity contribution is -0.126. The van der Waals surface area contributed by atoms with E-state index in [2.05, 4.69) is 18.9 Å². The zero-order valence-electron chi connectivity index (χ0n) is 12.7. The molecule has 0 aromatic rings. The molecule has 3 heteroatoms. The Morgan fingerprint density at radius 1 is 1.35 bits per heavy atom. The van der Waals surface area contributed by atoms with Crippen LogP contribution in [0, 0.1) is 35.0 Å². The van der Waals surface area contributed by atoms with Crippen LogP contribution in [0.1, 0.15) is 39.0 Å². The van der Waals surface area contributed by atoms with Crippen molar-refractivity contribution in [2.45, 2.75) is 45.1 Å². The zero-order chi connectivity index (χ0) is 14.1. The largest absolute Gasteiger partial charge is 0.393 e. The van der Waals surface area contributed by atoms with Crippen LogP contribution in [0.2, 0.25) is 0 Å². The summed E-state index contributed by atoms with van der Waals surface area (Å²) in [7, 11) is 2.20. The number of piperidine rings is 1. The van der Waals surface area contributed by atoms with Crippen molar-refractivity contribution >= 4 is 5.78 Å². The number of nitrogens with zero attached hydrogens (tertiary/aromatic N) is 1. The monoisotopic (exact) mass is 277 g/mol. The minimum absolute atomic E-state index is 0.0376. The zero-order valence-corrected chi connectivity index (χ0v) is 12.7. The van der Waals surface area contributed by atoms with Crippen molar-refractivity contribution in [3.05, 3.63) is 0 Å². The third-order valence-corrected chi connectivity index (χ3v) is 7.11. The van der Waals surface area contributed by atoms with Gasteiger partial charge >= 0.3 is 0 Å². The average molecular weight is 277 g/mol. The maximum atomic E-state index is 12.7. The molecule has 1 N–H and O–H groups in total. The minimum atomic E-state index is -0.233. The Labute approximate surface area is 121 Å². The van der Waals surface area contributed by atoms with E-state index in [1.54, 1.807) is 0 Å². The predicted molar refractivity (Wildman–Crippen MR) is 77.2 cm³/mol. The molecule has 1 aliphatic heterocycles. The molecule has 20 heavy (non-hydrogen) atoms. The van der Waals surface area contributed by atoms with Crippen LogP contribution in [0.15, 0.2) is 0 Å². The Hall–Kier alpha value is -0.410. The van der Waals surface area contributed by atoms with Crippen molar-refractivity contribution in [3.8, 4) is 0 Å². The molecule has 0 aromatic heterocycles. The summed E-state index contributed by atoms with van der Waals surface area (Å²) in [6, 6.07) is 0. The number of aliphatic hydroxyl groups is 1. The summed E-state index contributed by atoms with van der Waals surface area (Å²) in [5.74, 6) is 2.93. The summed E-state index contributed by atoms with van der Waals surface area (Å²) in [6.45, 7) is 4.49. The second-order valence-electron chi connectivity index (χ2n) is 8.23. The van der Waals surface area contributed by atoms with Gasteiger partial charge in [-0.2, -0.15) is 0 Å². The SMILES string of the molecule is C[C@@H]1C[C@H]2CC(=O)[C@@H]3[C@H]4CCN(C)C[C@H]4CC23[C@@H](O)C1. The molecule has 3 nitrogen and oxygen atoms in total. The molecule has 1 unspecified atom stereocenters. The van der Waals surface area contributed by atoms with Gasteiger partial charge in [0.15, 0.2) is 0 Å². The summed E-state index contributed by atoms with van der Waals surface area (Å²) in [5, 5.41) is 10.9. The van der Waals surface area contributed by atoms with Gasteiger partial charge in [-0.15, -0.1) is 0 Å². The Balaban J connectivity index is 1.72. The molecular formula is C17H27NO2. The van der Waals surface area contributed by atoms with E-state index in [1.165, 1.54) is 0 Å². The molecule has 1 saturated heterocycles. The number of rotatable bonds is 0. The molecular weight excluding hydrogens is 250 g/mol. The fourth-order valence-electron chi connectivity index (χ4n) is 6.49. The molecule has 1 spiro atoms. The topological polar surface area (TPSA) is 40.5 Å². The van der Waals surface area contributed by atoms with E-state index >= 15 is 0 Å². The fourth-order valence-corrected chi connectivity index (χ4v) is 6.49. The first-order valence-electron chi connectivity index (χ1n) is 8.41. The lowest BCUT2D eigenvalue weighted by Gasteiger charge is -2.46. The van der Waals surface area contributed by atoms with E-state index in [-0.39, 0.29) is 17.4 Å². The number of hydrogen-bond donors (Lipinski definition) is 1. The van der Waals surface area contributed by atoms with Crippen LogP contribution in [0.3, 0.4) is 0 Å². The van der Waals surface area contributed by atoms with Gasteiger partial charge in [-0.3, -0.25) is 4.79 Å². The number of likely N-dealkylation sites (tertiary alicyclic amines) is 1. The van der Waals surface area contributed by atoms with E-state index in [4.69, 9.17) is 0 Å². The molecule has 4 rings (SSSR count). The summed E-state index contributed by atoms with van der Waals surface area (Å²) in [6.07, 6.45) is 4.86. The van der Waals surface area contributed by atoms with E-state index in [9.17, 15) is 9.90 Å². The molecule has 3 saturated carbocycles. The first-order valence-corrected chi connectivity index (χ1v) is 8.41. The lowest BCUT2D eigenvalue weighted by Crippen LogP contribution is -2.47. The Bertz CT molecular complexity index is 437. The number of hydrogen-bond acceptors (Lipinski definition) is 3. The highest BCUT2D eigenvalue weighted by Gasteiger charge is 2.67. The number of ketones is 1. The highest BCUT2D eigenvalue weighted by molar-refractivity contribution is 5.86. The van der Waals surface area contributed by atoms with Gasteiger partial charge in [0.25, 0.3) is 0 Å². The predicted octanol–water partition coefficient (Wildman–Crippen LogP) is 1.94. The lowest BCUT2D eigenvalue weighted by atomic mass is 9.60. The van der Waals surface area contributed by atoms with Gasteiger partial charge in [-0.1, -0.05) is 6.92 Å². The number of carbonyl (C=O) groups excluding carboxylic acids is 1. The smallest absolute Gasteiger partial charge is 0.137 e. The molecule has 112 valence electrons. The van der Waals surface area contributed by atoms with Gasteiger partial charge < -0.3 is 10.0 Å². The van der Waals surface area contributed by atoms with Crippen molar-refractivity contribution in [2.75, 3.05) is 20.1 Å². The third kappa shape index (κ3) is 1.57. The van der Waals surface area contributed by atoms with Crippen LogP contribution >= 0.6 is 0 Å². The quantitative estimate of drug-likeness (QED) is 0.735. The Morgan fingerprint density at radius 3 is 2.95 bits per heavy atom. The Morgan fingerprint density at radius 2 is 2.15 bits per heavy atom. The fraction of sp³-hybridized carbons (Fsp3) is 0.941. The highest BCUT2D eigenvalue weighted by atomic mass is 16.3. The van der Waals surface area contributed by atoms with Crippen molar-refractivity contribution in [1.29, 1.82) is 0 Å². The number of fused-ring (bicyclic) bond motifs is 2. The maximum absolute atomic E-state index is 12.7. The number of aliphatic hydroxyl groups excluding tert-OH is 1. The van der Waals surface area contributed by atoms with Crippen LogP contribution in [0.4, 0.5) is 0 Å². The number of Topliss-reactive ketones (excluding diaryl/α,β-unsaturated/α-hetero) is 1. The minimum Gasteiger partial charge on any atom is -0.393 e. The number of carbonyl (C=O) groups is 1. The molecule has 0 amide bonds. The molecule has 4 fully saturated rings. The van der Waals surface area contributed by atoms with E-state index < -0.39 is 0 Å². The Kier molecular flexibility index (Phi) is 2.85. The van der Waals surface area contributed by atoms with Gasteiger partial charge in [-0.25, -0.2) is 0 Å².